The van der Waals surface area contributed by atoms with Crippen LogP contribution in [0.2, 0.25) is 0 Å². The Morgan fingerprint density at radius 3 is 2.84 bits per heavy atom. The fraction of sp³-hybridized carbons (Fsp3) is 0.542. The largest absolute Gasteiger partial charge is 0.349 e. The SMILES string of the molecule is Cc1nc(C2CCCCN2CC(=O)NCc2ccccn2)nc2c1CC(=O)N2CC1CC1. The van der Waals surface area contributed by atoms with Gasteiger partial charge in [-0.05, 0) is 57.2 Å². The zero-order valence-corrected chi connectivity index (χ0v) is 18.6. The summed E-state index contributed by atoms with van der Waals surface area (Å²) in [6.07, 6.45) is 7.58. The number of aromatic nitrogens is 3. The Hall–Kier alpha value is -2.87. The number of likely N-dealkylation sites (tertiary alicyclic amines) is 1. The van der Waals surface area contributed by atoms with Crippen LogP contribution in [-0.2, 0) is 22.6 Å². The van der Waals surface area contributed by atoms with E-state index in [2.05, 4.69) is 15.2 Å². The Labute approximate surface area is 188 Å². The molecule has 0 spiro atoms. The van der Waals surface area contributed by atoms with Gasteiger partial charge in [0.05, 0.1) is 31.2 Å². The Bertz CT molecular complexity index is 1010. The Morgan fingerprint density at radius 1 is 1.19 bits per heavy atom. The molecular weight excluding hydrogens is 404 g/mol. The van der Waals surface area contributed by atoms with Gasteiger partial charge < -0.3 is 5.32 Å². The molecule has 1 saturated heterocycles. The highest BCUT2D eigenvalue weighted by molar-refractivity contribution is 6.00. The summed E-state index contributed by atoms with van der Waals surface area (Å²) in [5, 5.41) is 2.98. The van der Waals surface area contributed by atoms with Crippen LogP contribution in [0.4, 0.5) is 5.82 Å². The topological polar surface area (TPSA) is 91.3 Å². The minimum absolute atomic E-state index is 0.00757. The molecule has 2 aromatic heterocycles. The average Bonchev–Trinajstić information content (AvgIpc) is 3.57. The second-order valence-electron chi connectivity index (χ2n) is 9.17. The van der Waals surface area contributed by atoms with Crippen LogP contribution in [0.25, 0.3) is 0 Å². The minimum Gasteiger partial charge on any atom is -0.349 e. The van der Waals surface area contributed by atoms with Crippen molar-refractivity contribution in [2.24, 2.45) is 5.92 Å². The first-order valence-corrected chi connectivity index (χ1v) is 11.7. The molecule has 32 heavy (non-hydrogen) atoms. The highest BCUT2D eigenvalue weighted by atomic mass is 16.2. The van der Waals surface area contributed by atoms with Crippen LogP contribution in [0.5, 0.6) is 0 Å². The van der Waals surface area contributed by atoms with E-state index in [1.54, 1.807) is 6.20 Å². The van der Waals surface area contributed by atoms with Gasteiger partial charge in [-0.15, -0.1) is 0 Å². The molecule has 0 aromatic carbocycles. The first kappa shape index (κ1) is 21.0. The number of hydrogen-bond acceptors (Lipinski definition) is 6. The Morgan fingerprint density at radius 2 is 2.06 bits per heavy atom. The molecule has 2 amide bonds. The molecule has 1 saturated carbocycles. The van der Waals surface area contributed by atoms with Gasteiger partial charge in [0.25, 0.3) is 0 Å². The lowest BCUT2D eigenvalue weighted by Crippen LogP contribution is -2.42. The molecule has 1 unspecified atom stereocenters. The quantitative estimate of drug-likeness (QED) is 0.719. The van der Waals surface area contributed by atoms with Crippen molar-refractivity contribution in [3.8, 4) is 0 Å². The van der Waals surface area contributed by atoms with Crippen molar-refractivity contribution >= 4 is 17.6 Å². The highest BCUT2D eigenvalue weighted by Gasteiger charge is 2.37. The number of carbonyl (C=O) groups excluding carboxylic acids is 2. The molecule has 8 heteroatoms. The lowest BCUT2D eigenvalue weighted by Gasteiger charge is -2.34. The predicted octanol–water partition coefficient (Wildman–Crippen LogP) is 2.32. The number of hydrogen-bond donors (Lipinski definition) is 1. The van der Waals surface area contributed by atoms with Crippen LogP contribution in [0.1, 0.15) is 60.9 Å². The highest BCUT2D eigenvalue weighted by Crippen LogP contribution is 2.37. The molecule has 8 nitrogen and oxygen atoms in total. The third-order valence-electron chi connectivity index (χ3n) is 6.68. The fourth-order valence-corrected chi connectivity index (χ4v) is 4.70. The summed E-state index contributed by atoms with van der Waals surface area (Å²) in [7, 11) is 0. The summed E-state index contributed by atoms with van der Waals surface area (Å²) < 4.78 is 0. The molecular formula is C24H30N6O2. The molecule has 2 aliphatic heterocycles. The Kier molecular flexibility index (Phi) is 5.87. The number of amides is 2. The van der Waals surface area contributed by atoms with E-state index >= 15 is 0 Å². The van der Waals surface area contributed by atoms with Crippen molar-refractivity contribution in [1.29, 1.82) is 0 Å². The first-order valence-electron chi connectivity index (χ1n) is 11.7. The maximum absolute atomic E-state index is 12.7. The predicted molar refractivity (Wildman–Crippen MR) is 120 cm³/mol. The average molecular weight is 435 g/mol. The molecule has 0 radical (unpaired) electrons. The lowest BCUT2D eigenvalue weighted by atomic mass is 10.0. The van der Waals surface area contributed by atoms with E-state index in [-0.39, 0.29) is 17.9 Å². The van der Waals surface area contributed by atoms with Crippen molar-refractivity contribution in [1.82, 2.24) is 25.2 Å². The van der Waals surface area contributed by atoms with Crippen LogP contribution < -0.4 is 10.2 Å². The van der Waals surface area contributed by atoms with Crippen molar-refractivity contribution in [2.75, 3.05) is 24.5 Å². The number of carbonyl (C=O) groups is 2. The van der Waals surface area contributed by atoms with E-state index in [1.807, 2.05) is 30.0 Å². The van der Waals surface area contributed by atoms with Crippen LogP contribution >= 0.6 is 0 Å². The van der Waals surface area contributed by atoms with E-state index in [1.165, 1.54) is 12.8 Å². The van der Waals surface area contributed by atoms with Gasteiger partial charge in [0, 0.05) is 24.0 Å². The van der Waals surface area contributed by atoms with Crippen molar-refractivity contribution < 1.29 is 9.59 Å². The molecule has 168 valence electrons. The first-order chi connectivity index (χ1) is 15.6. The summed E-state index contributed by atoms with van der Waals surface area (Å²) in [6.45, 7) is 4.31. The molecule has 4 heterocycles. The standard InChI is InChI=1S/C24H30N6O2/c1-16-19-12-22(32)30(14-17-8-9-17)24(19)28-23(27-16)20-7-3-5-11-29(20)15-21(31)26-13-18-6-2-4-10-25-18/h2,4,6,10,17,20H,3,5,7-9,11-15H2,1H3,(H,26,31). The minimum atomic E-state index is -0.0222. The van der Waals surface area contributed by atoms with E-state index in [0.717, 1.165) is 60.9 Å². The number of fused-ring (bicyclic) bond motifs is 1. The smallest absolute Gasteiger partial charge is 0.234 e. The van der Waals surface area contributed by atoms with Gasteiger partial charge in [0.1, 0.15) is 11.6 Å². The van der Waals surface area contributed by atoms with Gasteiger partial charge in [-0.3, -0.25) is 24.4 Å². The molecule has 5 rings (SSSR count). The molecule has 1 N–H and O–H groups in total. The molecule has 0 bridgehead atoms. The molecule has 1 aliphatic carbocycles. The van der Waals surface area contributed by atoms with Crippen LogP contribution in [-0.4, -0.2) is 51.3 Å². The van der Waals surface area contributed by atoms with Gasteiger partial charge in [-0.1, -0.05) is 12.5 Å². The molecule has 2 aromatic rings. The number of piperidine rings is 1. The Balaban J connectivity index is 1.31. The third kappa shape index (κ3) is 4.50. The van der Waals surface area contributed by atoms with Gasteiger partial charge >= 0.3 is 0 Å². The van der Waals surface area contributed by atoms with Gasteiger partial charge in [0.15, 0.2) is 0 Å². The third-order valence-corrected chi connectivity index (χ3v) is 6.68. The summed E-state index contributed by atoms with van der Waals surface area (Å²) in [4.78, 5) is 43.3. The second kappa shape index (κ2) is 8.94. The summed E-state index contributed by atoms with van der Waals surface area (Å²) >= 11 is 0. The van der Waals surface area contributed by atoms with Gasteiger partial charge in [-0.25, -0.2) is 9.97 Å². The summed E-state index contributed by atoms with van der Waals surface area (Å²) in [5.41, 5.74) is 2.70. The number of nitrogens with zero attached hydrogens (tertiary/aromatic N) is 5. The maximum Gasteiger partial charge on any atom is 0.234 e. The molecule has 1 atom stereocenters. The number of aryl methyl sites for hydroxylation is 1. The zero-order chi connectivity index (χ0) is 22.1. The van der Waals surface area contributed by atoms with Crippen LogP contribution in [0, 0.1) is 12.8 Å². The van der Waals surface area contributed by atoms with Crippen molar-refractivity contribution in [2.45, 2.75) is 58.0 Å². The van der Waals surface area contributed by atoms with E-state index in [0.29, 0.717) is 25.4 Å². The summed E-state index contributed by atoms with van der Waals surface area (Å²) in [6, 6.07) is 5.67. The van der Waals surface area contributed by atoms with Gasteiger partial charge in [-0.2, -0.15) is 0 Å². The van der Waals surface area contributed by atoms with E-state index in [4.69, 9.17) is 9.97 Å². The number of pyridine rings is 1. The maximum atomic E-state index is 12.7. The summed E-state index contributed by atoms with van der Waals surface area (Å²) in [5.74, 6) is 2.27. The monoisotopic (exact) mass is 434 g/mol. The zero-order valence-electron chi connectivity index (χ0n) is 18.6. The number of anilines is 1. The van der Waals surface area contributed by atoms with Crippen molar-refractivity contribution in [3.05, 3.63) is 47.2 Å². The van der Waals surface area contributed by atoms with Crippen molar-refractivity contribution in [3.63, 3.8) is 0 Å². The van der Waals surface area contributed by atoms with Crippen LogP contribution in [0.3, 0.4) is 0 Å². The lowest BCUT2D eigenvalue weighted by molar-refractivity contribution is -0.123. The van der Waals surface area contributed by atoms with Gasteiger partial charge in [0.2, 0.25) is 11.8 Å². The van der Waals surface area contributed by atoms with E-state index < -0.39 is 0 Å². The van der Waals surface area contributed by atoms with E-state index in [9.17, 15) is 9.59 Å². The fourth-order valence-electron chi connectivity index (χ4n) is 4.70. The molecule has 3 aliphatic rings. The number of rotatable bonds is 7. The number of nitrogens with one attached hydrogen (secondary N) is 1. The molecule has 2 fully saturated rings. The normalized spacial score (nSPS) is 21.0. The second-order valence-corrected chi connectivity index (χ2v) is 9.17. The van der Waals surface area contributed by atoms with Crippen LogP contribution in [0.15, 0.2) is 24.4 Å².